The van der Waals surface area contributed by atoms with Gasteiger partial charge in [0.2, 0.25) is 5.91 Å². The highest BCUT2D eigenvalue weighted by Crippen LogP contribution is 2.30. The molecule has 1 amide bonds. The van der Waals surface area contributed by atoms with Crippen molar-refractivity contribution in [3.63, 3.8) is 0 Å². The van der Waals surface area contributed by atoms with E-state index in [2.05, 4.69) is 5.32 Å². The first-order valence-electron chi connectivity index (χ1n) is 9.22. The Hall–Kier alpha value is -3.09. The van der Waals surface area contributed by atoms with E-state index in [0.29, 0.717) is 43.5 Å². The minimum absolute atomic E-state index is 0.0175. The van der Waals surface area contributed by atoms with Gasteiger partial charge in [0.05, 0.1) is 6.54 Å². The summed E-state index contributed by atoms with van der Waals surface area (Å²) in [5.41, 5.74) is 0.527. The minimum atomic E-state index is -0.657. The topological polar surface area (TPSA) is 102 Å². The van der Waals surface area contributed by atoms with E-state index < -0.39 is 5.97 Å². The van der Waals surface area contributed by atoms with Crippen LogP contribution < -0.4 is 10.1 Å². The van der Waals surface area contributed by atoms with Gasteiger partial charge in [-0.25, -0.2) is 4.79 Å². The van der Waals surface area contributed by atoms with Gasteiger partial charge in [-0.2, -0.15) is 0 Å². The molecule has 0 fully saturated rings. The highest BCUT2D eigenvalue weighted by molar-refractivity contribution is 5.97. The summed E-state index contributed by atoms with van der Waals surface area (Å²) >= 11 is 0. The van der Waals surface area contributed by atoms with Gasteiger partial charge < -0.3 is 19.9 Å². The van der Waals surface area contributed by atoms with E-state index in [-0.39, 0.29) is 36.2 Å². The molecule has 7 nitrogen and oxygen atoms in total. The summed E-state index contributed by atoms with van der Waals surface area (Å²) in [6, 6.07) is 2.98. The van der Waals surface area contributed by atoms with Gasteiger partial charge in [-0.15, -0.1) is 0 Å². The Kier molecular flexibility index (Phi) is 8.27. The molecule has 150 valence electrons. The van der Waals surface area contributed by atoms with Crippen LogP contribution in [-0.2, 0) is 14.3 Å². The zero-order chi connectivity index (χ0) is 20.4. The molecule has 0 bridgehead atoms. The fraction of sp³-hybridized carbons (Fsp3) is 0.381. The number of phenols is 1. The second kappa shape index (κ2) is 10.9. The van der Waals surface area contributed by atoms with Crippen LogP contribution in [0.25, 0.3) is 6.08 Å². The summed E-state index contributed by atoms with van der Waals surface area (Å²) in [5, 5.41) is 13.0. The average Bonchev–Trinajstić information content (AvgIpc) is 2.63. The number of allylic oxidation sites excluding steroid dienone is 2. The van der Waals surface area contributed by atoms with E-state index in [1.54, 1.807) is 24.3 Å². The fourth-order valence-corrected chi connectivity index (χ4v) is 2.66. The lowest BCUT2D eigenvalue weighted by Crippen LogP contribution is -2.25. The molecule has 2 rings (SSSR count). The number of Topliss-reactive ketones (excluding diaryl/α,β-unsaturated/α-hetero) is 1. The van der Waals surface area contributed by atoms with E-state index in [4.69, 9.17) is 9.47 Å². The third kappa shape index (κ3) is 6.90. The molecule has 28 heavy (non-hydrogen) atoms. The van der Waals surface area contributed by atoms with Gasteiger partial charge in [-0.1, -0.05) is 24.3 Å². The lowest BCUT2D eigenvalue weighted by molar-refractivity contribution is -0.119. The zero-order valence-electron chi connectivity index (χ0n) is 15.9. The molecule has 0 radical (unpaired) electrons. The minimum Gasteiger partial charge on any atom is -0.507 e. The summed E-state index contributed by atoms with van der Waals surface area (Å²) in [6.07, 6.45) is 9.05. The molecule has 1 aliphatic rings. The molecule has 0 spiro atoms. The monoisotopic (exact) mass is 387 g/mol. The number of ketones is 1. The smallest absolute Gasteiger partial charge is 0.342 e. The molecule has 1 aromatic rings. The molecule has 7 heteroatoms. The SMILES string of the molecule is CC(=O)NCCOc1cc(O)c2c(c1)C=CCCCC(=O)CC=CCOC2=O. The van der Waals surface area contributed by atoms with E-state index in [0.717, 1.165) is 0 Å². The first kappa shape index (κ1) is 21.2. The van der Waals surface area contributed by atoms with Crippen LogP contribution in [0.3, 0.4) is 0 Å². The number of benzene rings is 1. The van der Waals surface area contributed by atoms with Crippen molar-refractivity contribution >= 4 is 23.7 Å². The normalized spacial score (nSPS) is 15.3. The number of amides is 1. The summed E-state index contributed by atoms with van der Waals surface area (Å²) < 4.78 is 10.7. The van der Waals surface area contributed by atoms with Crippen molar-refractivity contribution in [3.8, 4) is 11.5 Å². The van der Waals surface area contributed by atoms with Crippen molar-refractivity contribution in [2.75, 3.05) is 19.8 Å². The molecular formula is C21H25NO6. The Labute approximate surface area is 164 Å². The molecule has 2 N–H and O–H groups in total. The van der Waals surface area contributed by atoms with Crippen molar-refractivity contribution in [2.24, 2.45) is 0 Å². The van der Waals surface area contributed by atoms with Crippen LogP contribution in [0.2, 0.25) is 0 Å². The summed E-state index contributed by atoms with van der Waals surface area (Å²) in [7, 11) is 0. The number of esters is 1. The largest absolute Gasteiger partial charge is 0.507 e. The van der Waals surface area contributed by atoms with E-state index in [1.807, 2.05) is 6.08 Å². The summed E-state index contributed by atoms with van der Waals surface area (Å²) in [5.74, 6) is -0.548. The molecule has 0 aliphatic carbocycles. The number of fused-ring (bicyclic) bond motifs is 1. The van der Waals surface area contributed by atoms with Crippen LogP contribution in [0.1, 0.15) is 48.5 Å². The van der Waals surface area contributed by atoms with Crippen molar-refractivity contribution in [1.82, 2.24) is 5.32 Å². The van der Waals surface area contributed by atoms with Crippen LogP contribution in [0.15, 0.2) is 30.4 Å². The first-order chi connectivity index (χ1) is 13.5. The van der Waals surface area contributed by atoms with Gasteiger partial charge >= 0.3 is 5.97 Å². The standard InChI is InChI=1S/C21H25NO6/c1-15(23)22-10-12-27-18-13-16-7-3-2-4-8-17(24)9-5-6-11-28-21(26)20(16)19(25)14-18/h3,5-7,13-14,25H,2,4,8-12H2,1H3,(H,22,23). The maximum absolute atomic E-state index is 12.4. The van der Waals surface area contributed by atoms with Crippen LogP contribution >= 0.6 is 0 Å². The van der Waals surface area contributed by atoms with Crippen molar-refractivity contribution < 1.29 is 29.0 Å². The highest BCUT2D eigenvalue weighted by Gasteiger charge is 2.18. The van der Waals surface area contributed by atoms with Gasteiger partial charge in [-0.05, 0) is 24.5 Å². The number of carbonyl (C=O) groups excluding carboxylic acids is 3. The number of carbonyl (C=O) groups is 3. The number of phenolic OH excluding ortho intramolecular Hbond substituents is 1. The van der Waals surface area contributed by atoms with E-state index >= 15 is 0 Å². The number of aromatic hydroxyl groups is 1. The predicted molar refractivity (Wildman–Crippen MR) is 104 cm³/mol. The Balaban J connectivity index is 2.21. The maximum atomic E-state index is 12.4. The molecule has 0 unspecified atom stereocenters. The second-order valence-electron chi connectivity index (χ2n) is 6.35. The third-order valence-corrected chi connectivity index (χ3v) is 4.02. The quantitative estimate of drug-likeness (QED) is 0.468. The lowest BCUT2D eigenvalue weighted by atomic mass is 10.0. The molecule has 0 atom stereocenters. The van der Waals surface area contributed by atoms with Crippen LogP contribution in [0.5, 0.6) is 11.5 Å². The summed E-state index contributed by atoms with van der Waals surface area (Å²) in [4.78, 5) is 35.0. The molecule has 0 saturated heterocycles. The molecule has 1 heterocycles. The van der Waals surface area contributed by atoms with Crippen LogP contribution in [-0.4, -0.2) is 42.5 Å². The van der Waals surface area contributed by atoms with Crippen molar-refractivity contribution in [2.45, 2.75) is 32.6 Å². The third-order valence-electron chi connectivity index (χ3n) is 4.02. The number of cyclic esters (lactones) is 1. The summed E-state index contributed by atoms with van der Waals surface area (Å²) in [6.45, 7) is 1.98. The van der Waals surface area contributed by atoms with E-state index in [1.165, 1.54) is 13.0 Å². The lowest BCUT2D eigenvalue weighted by Gasteiger charge is -2.12. The molecule has 0 saturated carbocycles. The van der Waals surface area contributed by atoms with Gasteiger partial charge in [0, 0.05) is 25.8 Å². The second-order valence-corrected chi connectivity index (χ2v) is 6.35. The van der Waals surface area contributed by atoms with Crippen LogP contribution in [0, 0.1) is 0 Å². The van der Waals surface area contributed by atoms with Gasteiger partial charge in [0.25, 0.3) is 0 Å². The zero-order valence-corrected chi connectivity index (χ0v) is 15.9. The predicted octanol–water partition coefficient (Wildman–Crippen LogP) is 2.78. The Bertz CT molecular complexity index is 781. The molecular weight excluding hydrogens is 362 g/mol. The molecule has 1 aliphatic heterocycles. The number of hydrogen-bond donors (Lipinski definition) is 2. The fourth-order valence-electron chi connectivity index (χ4n) is 2.66. The van der Waals surface area contributed by atoms with Gasteiger partial charge in [0.15, 0.2) is 0 Å². The Morgan fingerprint density at radius 1 is 1.25 bits per heavy atom. The van der Waals surface area contributed by atoms with E-state index in [9.17, 15) is 19.5 Å². The Morgan fingerprint density at radius 2 is 2.07 bits per heavy atom. The van der Waals surface area contributed by atoms with Gasteiger partial charge in [-0.3, -0.25) is 9.59 Å². The number of nitrogens with one attached hydrogen (secondary N) is 1. The maximum Gasteiger partial charge on any atom is 0.342 e. The number of rotatable bonds is 4. The number of hydrogen-bond acceptors (Lipinski definition) is 6. The Morgan fingerprint density at radius 3 is 2.86 bits per heavy atom. The molecule has 1 aromatic carbocycles. The number of ether oxygens (including phenoxy) is 2. The highest BCUT2D eigenvalue weighted by atomic mass is 16.5. The molecule has 0 aromatic heterocycles. The van der Waals surface area contributed by atoms with Crippen LogP contribution in [0.4, 0.5) is 0 Å². The first-order valence-corrected chi connectivity index (χ1v) is 9.22. The van der Waals surface area contributed by atoms with Crippen molar-refractivity contribution in [3.05, 3.63) is 41.5 Å². The van der Waals surface area contributed by atoms with Gasteiger partial charge in [0.1, 0.15) is 36.1 Å². The van der Waals surface area contributed by atoms with Crippen molar-refractivity contribution in [1.29, 1.82) is 0 Å². The average molecular weight is 387 g/mol.